The molecule has 7 nitrogen and oxygen atoms in total. The summed E-state index contributed by atoms with van der Waals surface area (Å²) in [7, 11) is 0. The molecule has 3 aromatic heterocycles. The fraction of sp³-hybridized carbons (Fsp3) is 0.227. The largest absolute Gasteiger partial charge is 0.344 e. The number of hydrogen-bond acceptors (Lipinski definition) is 5. The number of rotatable bonds is 5. The Morgan fingerprint density at radius 1 is 1.21 bits per heavy atom. The van der Waals surface area contributed by atoms with E-state index in [0.29, 0.717) is 11.3 Å². The monoisotopic (exact) mass is 386 g/mol. The third-order valence-corrected chi connectivity index (χ3v) is 5.10. The molecule has 0 fully saturated rings. The fourth-order valence-corrected chi connectivity index (χ4v) is 3.23. The smallest absolute Gasteiger partial charge is 0.251 e. The van der Waals surface area contributed by atoms with Crippen LogP contribution in [0.1, 0.15) is 46.6 Å². The standard InChI is InChI=1S/C22H22N6O/c1-4-18(19-13-28-11-5-10-23-22(28)26-19)25-21(29)17-8-6-16(7-9-17)20-15(3)14(2)12-24-27-20/h5-13,18H,4H2,1-3H3,(H,25,29). The molecular weight excluding hydrogens is 364 g/mol. The maximum Gasteiger partial charge on any atom is 0.251 e. The first-order chi connectivity index (χ1) is 14.1. The van der Waals surface area contributed by atoms with Crippen molar-refractivity contribution < 1.29 is 4.79 Å². The van der Waals surface area contributed by atoms with Crippen LogP contribution in [0.15, 0.2) is 55.1 Å². The van der Waals surface area contributed by atoms with Gasteiger partial charge in [0.1, 0.15) is 0 Å². The number of amides is 1. The first-order valence-electron chi connectivity index (χ1n) is 9.56. The van der Waals surface area contributed by atoms with Gasteiger partial charge in [-0.2, -0.15) is 10.2 Å². The molecule has 4 aromatic rings. The normalized spacial score (nSPS) is 12.1. The molecule has 146 valence electrons. The number of imidazole rings is 1. The van der Waals surface area contributed by atoms with Crippen LogP contribution >= 0.6 is 0 Å². The minimum atomic E-state index is -0.186. The van der Waals surface area contributed by atoms with Gasteiger partial charge in [-0.3, -0.25) is 9.20 Å². The van der Waals surface area contributed by atoms with Gasteiger partial charge in [-0.05, 0) is 49.6 Å². The molecule has 0 aliphatic carbocycles. The molecule has 0 saturated heterocycles. The SMILES string of the molecule is CCC(NC(=O)c1ccc(-c2nncc(C)c2C)cc1)c1cn2cccnc2n1. The first-order valence-corrected chi connectivity index (χ1v) is 9.56. The van der Waals surface area contributed by atoms with Gasteiger partial charge in [-0.15, -0.1) is 0 Å². The molecule has 0 saturated carbocycles. The van der Waals surface area contributed by atoms with Crippen LogP contribution in [0, 0.1) is 13.8 Å². The molecule has 4 rings (SSSR count). The highest BCUT2D eigenvalue weighted by molar-refractivity contribution is 5.94. The van der Waals surface area contributed by atoms with Gasteiger partial charge in [0, 0.05) is 29.7 Å². The molecule has 0 aliphatic heterocycles. The van der Waals surface area contributed by atoms with E-state index in [0.717, 1.165) is 34.5 Å². The predicted molar refractivity (Wildman–Crippen MR) is 110 cm³/mol. The Morgan fingerprint density at radius 2 is 2.00 bits per heavy atom. The van der Waals surface area contributed by atoms with Gasteiger partial charge >= 0.3 is 0 Å². The number of fused-ring (bicyclic) bond motifs is 1. The van der Waals surface area contributed by atoms with Crippen molar-refractivity contribution in [2.24, 2.45) is 0 Å². The molecule has 1 aromatic carbocycles. The second kappa shape index (κ2) is 7.79. The second-order valence-electron chi connectivity index (χ2n) is 7.01. The average molecular weight is 386 g/mol. The van der Waals surface area contributed by atoms with Gasteiger partial charge in [0.25, 0.3) is 5.91 Å². The Kier molecular flexibility index (Phi) is 5.03. The molecule has 1 amide bonds. The third kappa shape index (κ3) is 3.71. The zero-order valence-electron chi connectivity index (χ0n) is 16.6. The molecule has 0 spiro atoms. The van der Waals surface area contributed by atoms with Crippen molar-refractivity contribution in [1.82, 2.24) is 29.9 Å². The molecule has 0 bridgehead atoms. The summed E-state index contributed by atoms with van der Waals surface area (Å²) >= 11 is 0. The number of aromatic nitrogens is 5. The Bertz CT molecular complexity index is 1130. The summed E-state index contributed by atoms with van der Waals surface area (Å²) in [5.41, 5.74) is 5.33. The zero-order chi connectivity index (χ0) is 20.4. The quantitative estimate of drug-likeness (QED) is 0.565. The van der Waals surface area contributed by atoms with E-state index in [-0.39, 0.29) is 11.9 Å². The lowest BCUT2D eigenvalue weighted by Gasteiger charge is -2.15. The van der Waals surface area contributed by atoms with Gasteiger partial charge in [0.05, 0.1) is 23.6 Å². The van der Waals surface area contributed by atoms with Crippen LogP contribution < -0.4 is 5.32 Å². The lowest BCUT2D eigenvalue weighted by atomic mass is 10.0. The number of nitrogens with zero attached hydrogens (tertiary/aromatic N) is 5. The van der Waals surface area contributed by atoms with Gasteiger partial charge in [0.2, 0.25) is 5.78 Å². The molecular formula is C22H22N6O. The number of carbonyl (C=O) groups excluding carboxylic acids is 1. The maximum atomic E-state index is 12.8. The fourth-order valence-electron chi connectivity index (χ4n) is 3.23. The third-order valence-electron chi connectivity index (χ3n) is 5.10. The summed E-state index contributed by atoms with van der Waals surface area (Å²) in [6.45, 7) is 6.05. The van der Waals surface area contributed by atoms with Gasteiger partial charge < -0.3 is 5.32 Å². The minimum Gasteiger partial charge on any atom is -0.344 e. The zero-order valence-corrected chi connectivity index (χ0v) is 16.6. The van der Waals surface area contributed by atoms with Crippen molar-refractivity contribution in [3.05, 3.63) is 77.5 Å². The predicted octanol–water partition coefficient (Wildman–Crippen LogP) is 3.68. The van der Waals surface area contributed by atoms with Crippen molar-refractivity contribution in [3.63, 3.8) is 0 Å². The molecule has 7 heteroatoms. The van der Waals surface area contributed by atoms with Crippen molar-refractivity contribution in [1.29, 1.82) is 0 Å². The van der Waals surface area contributed by atoms with Crippen LogP contribution in [0.25, 0.3) is 17.0 Å². The summed E-state index contributed by atoms with van der Waals surface area (Å²) in [4.78, 5) is 21.5. The molecule has 29 heavy (non-hydrogen) atoms. The molecule has 1 unspecified atom stereocenters. The number of hydrogen-bond donors (Lipinski definition) is 1. The van der Waals surface area contributed by atoms with E-state index >= 15 is 0 Å². The maximum absolute atomic E-state index is 12.8. The van der Waals surface area contributed by atoms with Crippen LogP contribution in [-0.4, -0.2) is 30.5 Å². The molecule has 1 N–H and O–H groups in total. The molecule has 1 atom stereocenters. The van der Waals surface area contributed by atoms with Gasteiger partial charge in [-0.1, -0.05) is 19.1 Å². The summed E-state index contributed by atoms with van der Waals surface area (Å²) in [5.74, 6) is 0.481. The van der Waals surface area contributed by atoms with E-state index in [9.17, 15) is 4.79 Å². The summed E-state index contributed by atoms with van der Waals surface area (Å²) in [5, 5.41) is 11.3. The van der Waals surface area contributed by atoms with Crippen LogP contribution in [-0.2, 0) is 0 Å². The molecule has 0 radical (unpaired) electrons. The topological polar surface area (TPSA) is 85.1 Å². The number of carbonyl (C=O) groups is 1. The van der Waals surface area contributed by atoms with E-state index in [1.807, 2.05) is 67.9 Å². The Labute approximate surface area is 168 Å². The Balaban J connectivity index is 1.53. The van der Waals surface area contributed by atoms with Crippen LogP contribution in [0.4, 0.5) is 0 Å². The summed E-state index contributed by atoms with van der Waals surface area (Å²) < 4.78 is 1.85. The van der Waals surface area contributed by atoms with Crippen molar-refractivity contribution >= 4 is 11.7 Å². The molecule has 0 aliphatic rings. The van der Waals surface area contributed by atoms with Gasteiger partial charge in [0.15, 0.2) is 0 Å². The van der Waals surface area contributed by atoms with Crippen molar-refractivity contribution in [2.45, 2.75) is 33.2 Å². The number of nitrogens with one attached hydrogen (secondary N) is 1. The van der Waals surface area contributed by atoms with E-state index in [2.05, 4.69) is 25.5 Å². The molecule has 3 heterocycles. The second-order valence-corrected chi connectivity index (χ2v) is 7.01. The minimum absolute atomic E-state index is 0.138. The van der Waals surface area contributed by atoms with Crippen molar-refractivity contribution in [3.8, 4) is 11.3 Å². The highest BCUT2D eigenvalue weighted by atomic mass is 16.1. The van der Waals surface area contributed by atoms with Crippen LogP contribution in [0.2, 0.25) is 0 Å². The van der Waals surface area contributed by atoms with Gasteiger partial charge in [-0.25, -0.2) is 9.97 Å². The highest BCUT2D eigenvalue weighted by Crippen LogP contribution is 2.23. The summed E-state index contributed by atoms with van der Waals surface area (Å²) in [6.07, 6.45) is 7.97. The van der Waals surface area contributed by atoms with Crippen LogP contribution in [0.3, 0.4) is 0 Å². The first kappa shape index (κ1) is 18.7. The van der Waals surface area contributed by atoms with Crippen LogP contribution in [0.5, 0.6) is 0 Å². The Hall–Kier alpha value is -3.61. The van der Waals surface area contributed by atoms with Crippen molar-refractivity contribution in [2.75, 3.05) is 0 Å². The number of aryl methyl sites for hydroxylation is 1. The summed E-state index contributed by atoms with van der Waals surface area (Å²) in [6, 6.07) is 9.09. The Morgan fingerprint density at radius 3 is 2.72 bits per heavy atom. The average Bonchev–Trinajstić information content (AvgIpc) is 3.18. The van der Waals surface area contributed by atoms with E-state index < -0.39 is 0 Å². The lowest BCUT2D eigenvalue weighted by Crippen LogP contribution is -2.28. The highest BCUT2D eigenvalue weighted by Gasteiger charge is 2.18. The van der Waals surface area contributed by atoms with E-state index in [1.165, 1.54) is 0 Å². The lowest BCUT2D eigenvalue weighted by molar-refractivity contribution is 0.0935. The number of benzene rings is 1. The van der Waals surface area contributed by atoms with E-state index in [1.54, 1.807) is 12.4 Å². The van der Waals surface area contributed by atoms with E-state index in [4.69, 9.17) is 0 Å².